The first kappa shape index (κ1) is 53.9. The average molecular weight is 857 g/mol. The first-order chi connectivity index (χ1) is 28.2. The van der Waals surface area contributed by atoms with Crippen molar-refractivity contribution in [2.24, 2.45) is 5.73 Å². The van der Waals surface area contributed by atoms with Gasteiger partial charge in [-0.25, -0.2) is 0 Å². The maximum Gasteiger partial charge on any atom is 0.330 e. The second kappa shape index (κ2) is 36.7. The van der Waals surface area contributed by atoms with Gasteiger partial charge in [0.15, 0.2) is 0 Å². The maximum absolute atomic E-state index is 12.8. The van der Waals surface area contributed by atoms with Crippen LogP contribution in [0.3, 0.4) is 0 Å². The molecule has 0 heterocycles. The minimum absolute atomic E-state index is 0.00193. The fourth-order valence-electron chi connectivity index (χ4n) is 6.40. The molecule has 11 nitrogen and oxygen atoms in total. The van der Waals surface area contributed by atoms with Gasteiger partial charge in [0.25, 0.3) is 0 Å². The molecular weight excluding hydrogens is 776 g/mol. The number of carbonyl (C=O) groups is 3. The van der Waals surface area contributed by atoms with Crippen molar-refractivity contribution in [3.63, 3.8) is 0 Å². The topological polar surface area (TPSA) is 152 Å². The molecule has 0 aromatic heterocycles. The van der Waals surface area contributed by atoms with Gasteiger partial charge in [-0.2, -0.15) is 11.8 Å². The number of carbonyl (C=O) groups excluding carboxylic acids is 3. The van der Waals surface area contributed by atoms with E-state index in [2.05, 4.69) is 19.2 Å². The molecule has 1 aromatic rings. The standard InChI is InChI=1S/C45H81N2O9PS/c1-5-9-11-13-15-17-19-21-23-26-43(48)53-36-41(56-44(49)27-24-22-20-18-16-14-12-10-6-2)37-58-38-42(46)45(50)47-33-32-39-28-30-40(31-29-39)52-34-25-35-57(51,54-7-3)55-8-4/h28-31,41-42H,5-27,32-38,46H2,1-4H3,(H,47,50)/t41-,42+/m1/s1. The molecule has 0 aliphatic carbocycles. The van der Waals surface area contributed by atoms with Crippen LogP contribution in [0.2, 0.25) is 0 Å². The van der Waals surface area contributed by atoms with E-state index in [-0.39, 0.29) is 24.5 Å². The molecule has 0 spiro atoms. The summed E-state index contributed by atoms with van der Waals surface area (Å²) in [5, 5.41) is 2.91. The van der Waals surface area contributed by atoms with Gasteiger partial charge in [-0.15, -0.1) is 0 Å². The smallest absolute Gasteiger partial charge is 0.330 e. The van der Waals surface area contributed by atoms with Crippen molar-refractivity contribution in [3.05, 3.63) is 29.8 Å². The Morgan fingerprint density at radius 3 is 1.74 bits per heavy atom. The summed E-state index contributed by atoms with van der Waals surface area (Å²) < 4.78 is 40.4. The number of unbranched alkanes of at least 4 members (excludes halogenated alkanes) is 16. The van der Waals surface area contributed by atoms with Gasteiger partial charge >= 0.3 is 19.5 Å². The molecule has 0 saturated heterocycles. The second-order valence-electron chi connectivity index (χ2n) is 15.2. The maximum atomic E-state index is 12.8. The number of hydrogen-bond donors (Lipinski definition) is 2. The van der Waals surface area contributed by atoms with Crippen molar-refractivity contribution in [2.75, 3.05) is 50.6 Å². The van der Waals surface area contributed by atoms with Crippen LogP contribution in [0.4, 0.5) is 0 Å². The normalized spacial score (nSPS) is 12.6. The van der Waals surface area contributed by atoms with Gasteiger partial charge < -0.3 is 34.3 Å². The number of esters is 2. The molecule has 0 saturated carbocycles. The van der Waals surface area contributed by atoms with E-state index in [1.165, 1.54) is 88.8 Å². The summed E-state index contributed by atoms with van der Waals surface area (Å²) in [6.07, 6.45) is 22.6. The van der Waals surface area contributed by atoms with Gasteiger partial charge in [-0.1, -0.05) is 129 Å². The summed E-state index contributed by atoms with van der Waals surface area (Å²) in [5.74, 6) is 0.612. The highest BCUT2D eigenvalue weighted by Gasteiger charge is 2.23. The zero-order valence-electron chi connectivity index (χ0n) is 36.8. The fraction of sp³-hybridized carbons (Fsp3) is 0.800. The highest BCUT2D eigenvalue weighted by atomic mass is 32.2. The molecule has 0 unspecified atom stereocenters. The van der Waals surface area contributed by atoms with Crippen LogP contribution in [0.25, 0.3) is 0 Å². The molecule has 0 bridgehead atoms. The molecule has 1 rings (SSSR count). The lowest BCUT2D eigenvalue weighted by Gasteiger charge is -2.19. The Bertz CT molecular complexity index is 1210. The van der Waals surface area contributed by atoms with Crippen molar-refractivity contribution in [2.45, 2.75) is 181 Å². The van der Waals surface area contributed by atoms with Crippen molar-refractivity contribution >= 4 is 37.2 Å². The van der Waals surface area contributed by atoms with Crippen molar-refractivity contribution in [1.29, 1.82) is 0 Å². The monoisotopic (exact) mass is 857 g/mol. The summed E-state index contributed by atoms with van der Waals surface area (Å²) in [7, 11) is -3.08. The number of hydrogen-bond acceptors (Lipinski definition) is 11. The van der Waals surface area contributed by atoms with E-state index in [9.17, 15) is 18.9 Å². The minimum Gasteiger partial charge on any atom is -0.494 e. The second-order valence-corrected chi connectivity index (χ2v) is 18.4. The fourth-order valence-corrected chi connectivity index (χ4v) is 9.01. The van der Waals surface area contributed by atoms with E-state index in [0.29, 0.717) is 75.5 Å². The third-order valence-electron chi connectivity index (χ3n) is 9.77. The highest BCUT2D eigenvalue weighted by Crippen LogP contribution is 2.48. The van der Waals surface area contributed by atoms with E-state index in [1.807, 2.05) is 24.3 Å². The molecule has 3 N–H and O–H groups in total. The Morgan fingerprint density at radius 2 is 1.21 bits per heavy atom. The van der Waals surface area contributed by atoms with E-state index in [4.69, 9.17) is 29.0 Å². The quantitative estimate of drug-likeness (QED) is 0.0368. The third-order valence-corrected chi connectivity index (χ3v) is 13.1. The molecule has 0 aliphatic heterocycles. The largest absolute Gasteiger partial charge is 0.494 e. The van der Waals surface area contributed by atoms with Gasteiger partial charge in [0.2, 0.25) is 5.91 Å². The van der Waals surface area contributed by atoms with Crippen LogP contribution in [0, 0.1) is 0 Å². The molecule has 13 heteroatoms. The van der Waals surface area contributed by atoms with Crippen molar-refractivity contribution in [1.82, 2.24) is 5.32 Å². The highest BCUT2D eigenvalue weighted by molar-refractivity contribution is 7.99. The number of ether oxygens (including phenoxy) is 3. The third kappa shape index (κ3) is 30.0. The van der Waals surface area contributed by atoms with Gasteiger partial charge in [0, 0.05) is 30.9 Å². The van der Waals surface area contributed by atoms with Crippen molar-refractivity contribution in [3.8, 4) is 5.75 Å². The molecule has 2 atom stereocenters. The van der Waals surface area contributed by atoms with Gasteiger partial charge in [-0.05, 0) is 57.2 Å². The Kier molecular flexibility index (Phi) is 34.1. The summed E-state index contributed by atoms with van der Waals surface area (Å²) in [6.45, 7) is 9.53. The molecule has 1 amide bonds. The van der Waals surface area contributed by atoms with E-state index in [0.717, 1.165) is 44.1 Å². The van der Waals surface area contributed by atoms with Crippen LogP contribution in [0.15, 0.2) is 24.3 Å². The Morgan fingerprint density at radius 1 is 0.690 bits per heavy atom. The van der Waals surface area contributed by atoms with E-state index < -0.39 is 19.7 Å². The number of nitrogens with two attached hydrogens (primary N) is 1. The SMILES string of the molecule is CCCCCCCCCCCC(=O)OC[C@H](CSC[C@H](N)C(=O)NCCc1ccc(OCCCP(=O)(OCC)OCC)cc1)OC(=O)CCCCCCCCCCC. The lowest BCUT2D eigenvalue weighted by atomic mass is 10.1. The Labute approximate surface area is 356 Å². The van der Waals surface area contributed by atoms with Gasteiger partial charge in [-0.3, -0.25) is 18.9 Å². The summed E-state index contributed by atoms with van der Waals surface area (Å²) >= 11 is 1.42. The predicted octanol–water partition coefficient (Wildman–Crippen LogP) is 10.7. The molecule has 0 aliphatic rings. The summed E-state index contributed by atoms with van der Waals surface area (Å²) in [6, 6.07) is 6.90. The molecule has 0 fully saturated rings. The first-order valence-electron chi connectivity index (χ1n) is 22.7. The Hall–Kier alpha value is -2.11. The van der Waals surface area contributed by atoms with Gasteiger partial charge in [0.1, 0.15) is 18.5 Å². The van der Waals surface area contributed by atoms with Gasteiger partial charge in [0.05, 0.1) is 32.0 Å². The van der Waals surface area contributed by atoms with Crippen molar-refractivity contribution < 1.29 is 42.2 Å². The zero-order valence-corrected chi connectivity index (χ0v) is 38.5. The van der Waals surface area contributed by atoms with Crippen LogP contribution in [0.1, 0.15) is 168 Å². The lowest BCUT2D eigenvalue weighted by molar-refractivity contribution is -0.157. The summed E-state index contributed by atoms with van der Waals surface area (Å²) in [5.41, 5.74) is 7.26. The van der Waals surface area contributed by atoms with Crippen LogP contribution < -0.4 is 15.8 Å². The van der Waals surface area contributed by atoms with Crippen LogP contribution >= 0.6 is 19.4 Å². The molecule has 1 aromatic carbocycles. The predicted molar refractivity (Wildman–Crippen MR) is 239 cm³/mol. The van der Waals surface area contributed by atoms with E-state index in [1.54, 1.807) is 13.8 Å². The Balaban J connectivity index is 2.45. The summed E-state index contributed by atoms with van der Waals surface area (Å²) in [4.78, 5) is 38.1. The van der Waals surface area contributed by atoms with Crippen LogP contribution in [-0.2, 0) is 43.9 Å². The molecule has 336 valence electrons. The number of nitrogens with one attached hydrogen (secondary N) is 1. The van der Waals surface area contributed by atoms with E-state index >= 15 is 0 Å². The zero-order chi connectivity index (χ0) is 42.5. The molecular formula is C45H81N2O9PS. The number of amides is 1. The van der Waals surface area contributed by atoms with Crippen LogP contribution in [0.5, 0.6) is 5.75 Å². The minimum atomic E-state index is -3.08. The lowest BCUT2D eigenvalue weighted by Crippen LogP contribution is -2.43. The molecule has 0 radical (unpaired) electrons. The first-order valence-corrected chi connectivity index (χ1v) is 25.6. The number of thioether (sulfide) groups is 1. The number of benzene rings is 1. The average Bonchev–Trinajstić information content (AvgIpc) is 3.20. The number of rotatable bonds is 40. The van der Waals surface area contributed by atoms with Crippen LogP contribution in [-0.4, -0.2) is 80.6 Å². The molecule has 58 heavy (non-hydrogen) atoms.